The van der Waals surface area contributed by atoms with Crippen LogP contribution >= 0.6 is 0 Å². The molecule has 114 valence electrons. The summed E-state index contributed by atoms with van der Waals surface area (Å²) in [6.07, 6.45) is 3.53. The van der Waals surface area contributed by atoms with Gasteiger partial charge in [-0.05, 0) is 32.4 Å². The predicted octanol–water partition coefficient (Wildman–Crippen LogP) is 2.78. The van der Waals surface area contributed by atoms with E-state index in [0.717, 1.165) is 11.1 Å². The van der Waals surface area contributed by atoms with Gasteiger partial charge < -0.3 is 4.55 Å². The van der Waals surface area contributed by atoms with Crippen molar-refractivity contribution in [3.63, 3.8) is 0 Å². The summed E-state index contributed by atoms with van der Waals surface area (Å²) in [6.45, 7) is 5.86. The number of rotatable bonds is 4. The second-order valence-electron chi connectivity index (χ2n) is 5.91. The van der Waals surface area contributed by atoms with Crippen molar-refractivity contribution < 1.29 is 8.94 Å². The summed E-state index contributed by atoms with van der Waals surface area (Å²) in [5.41, 5.74) is 2.15. The first kappa shape index (κ1) is 16.0. The largest absolute Gasteiger partial charge is 0.598 e. The van der Waals surface area contributed by atoms with E-state index >= 15 is 0 Å². The smallest absolute Gasteiger partial charge is 0.136 e. The lowest BCUT2D eigenvalue weighted by Crippen LogP contribution is -2.39. The molecule has 2 rings (SSSR count). The Morgan fingerprint density at radius 2 is 2.05 bits per heavy atom. The summed E-state index contributed by atoms with van der Waals surface area (Å²) in [5.74, 6) is -0.310. The minimum atomic E-state index is -1.21. The summed E-state index contributed by atoms with van der Waals surface area (Å²) < 4.78 is 30.2. The minimum Gasteiger partial charge on any atom is -0.598 e. The van der Waals surface area contributed by atoms with Crippen LogP contribution in [0.2, 0.25) is 0 Å². The molecule has 1 N–H and O–H groups in total. The lowest BCUT2D eigenvalue weighted by atomic mass is 10.1. The second-order valence-corrected chi connectivity index (χ2v) is 7.96. The summed E-state index contributed by atoms with van der Waals surface area (Å²) >= 11 is -1.21. The molecule has 1 aromatic carbocycles. The van der Waals surface area contributed by atoms with Crippen LogP contribution in [0.25, 0.3) is 11.1 Å². The number of aromatic nitrogens is 2. The highest BCUT2D eigenvalue weighted by Gasteiger charge is 2.26. The second kappa shape index (κ2) is 6.17. The predicted molar refractivity (Wildman–Crippen MR) is 83.3 cm³/mol. The monoisotopic (exact) mass is 309 g/mol. The van der Waals surface area contributed by atoms with Crippen LogP contribution in [0, 0.1) is 5.82 Å². The van der Waals surface area contributed by atoms with Gasteiger partial charge in [0, 0.05) is 35.7 Å². The number of hydrogen-bond donors (Lipinski definition) is 1. The standard InChI is InChI=1S/C15H20FN3OS/c1-15(2,3)21(20)18-9-12-6-5-11(7-14(12)16)13-8-17-19(4)10-13/h5-8,10,18H,9H2,1-4H3. The minimum absolute atomic E-state index is 0.239. The van der Waals surface area contributed by atoms with Crippen molar-refractivity contribution in [1.29, 1.82) is 0 Å². The molecule has 21 heavy (non-hydrogen) atoms. The van der Waals surface area contributed by atoms with Crippen LogP contribution in [-0.2, 0) is 25.0 Å². The molecule has 1 heterocycles. The van der Waals surface area contributed by atoms with E-state index in [2.05, 4.69) is 9.82 Å². The molecule has 0 fully saturated rings. The molecule has 1 unspecified atom stereocenters. The van der Waals surface area contributed by atoms with Gasteiger partial charge in [0.25, 0.3) is 0 Å². The van der Waals surface area contributed by atoms with E-state index in [1.807, 2.05) is 40.1 Å². The van der Waals surface area contributed by atoms with Crippen LogP contribution in [0.1, 0.15) is 26.3 Å². The van der Waals surface area contributed by atoms with Gasteiger partial charge in [0.15, 0.2) is 0 Å². The van der Waals surface area contributed by atoms with Gasteiger partial charge in [-0.1, -0.05) is 12.1 Å². The molecule has 0 bridgehead atoms. The molecule has 0 aliphatic heterocycles. The fourth-order valence-electron chi connectivity index (χ4n) is 1.80. The zero-order valence-corrected chi connectivity index (χ0v) is 13.5. The quantitative estimate of drug-likeness (QED) is 0.884. The van der Waals surface area contributed by atoms with E-state index in [1.165, 1.54) is 6.07 Å². The Hall–Kier alpha value is -1.37. The van der Waals surface area contributed by atoms with E-state index in [4.69, 9.17) is 0 Å². The highest BCUT2D eigenvalue weighted by molar-refractivity contribution is 7.90. The number of halogens is 1. The van der Waals surface area contributed by atoms with Crippen molar-refractivity contribution in [2.24, 2.45) is 7.05 Å². The number of nitrogens with zero attached hydrogens (tertiary/aromatic N) is 2. The molecule has 4 nitrogen and oxygen atoms in total. The Kier molecular flexibility index (Phi) is 4.70. The summed E-state index contributed by atoms with van der Waals surface area (Å²) in [6, 6.07) is 5.04. The van der Waals surface area contributed by atoms with Crippen molar-refractivity contribution in [3.05, 3.63) is 42.0 Å². The number of hydrogen-bond acceptors (Lipinski definition) is 3. The van der Waals surface area contributed by atoms with Crippen molar-refractivity contribution in [1.82, 2.24) is 14.5 Å². The van der Waals surface area contributed by atoms with Crippen LogP contribution in [0.5, 0.6) is 0 Å². The average molecular weight is 309 g/mol. The normalized spacial score (nSPS) is 13.4. The number of aryl methyl sites for hydroxylation is 1. The molecule has 0 amide bonds. The van der Waals surface area contributed by atoms with Crippen LogP contribution < -0.4 is 4.72 Å². The van der Waals surface area contributed by atoms with E-state index < -0.39 is 11.4 Å². The molecule has 0 saturated carbocycles. The first-order chi connectivity index (χ1) is 9.77. The molecule has 2 aromatic rings. The van der Waals surface area contributed by atoms with E-state index in [-0.39, 0.29) is 17.1 Å². The Morgan fingerprint density at radius 1 is 1.33 bits per heavy atom. The third kappa shape index (κ3) is 4.06. The Labute approximate surface area is 127 Å². The summed E-state index contributed by atoms with van der Waals surface area (Å²) in [7, 11) is 1.82. The van der Waals surface area contributed by atoms with Crippen molar-refractivity contribution >= 4 is 11.4 Å². The van der Waals surface area contributed by atoms with Crippen LogP contribution in [0.3, 0.4) is 0 Å². The zero-order chi connectivity index (χ0) is 15.6. The molecular formula is C15H20FN3OS. The zero-order valence-electron chi connectivity index (χ0n) is 12.7. The number of nitrogens with one attached hydrogen (secondary N) is 1. The molecule has 1 aromatic heterocycles. The maximum absolute atomic E-state index is 14.1. The van der Waals surface area contributed by atoms with Gasteiger partial charge in [0.05, 0.1) is 12.7 Å². The Bertz CT molecular complexity index is 622. The molecule has 1 atom stereocenters. The molecule has 6 heteroatoms. The van der Waals surface area contributed by atoms with E-state index in [0.29, 0.717) is 5.56 Å². The Balaban J connectivity index is 2.09. The van der Waals surface area contributed by atoms with Gasteiger partial charge in [0.1, 0.15) is 10.6 Å². The van der Waals surface area contributed by atoms with Crippen LogP contribution in [-0.4, -0.2) is 19.1 Å². The maximum atomic E-state index is 14.1. The third-order valence-corrected chi connectivity index (χ3v) is 4.56. The molecule has 0 radical (unpaired) electrons. The maximum Gasteiger partial charge on any atom is 0.136 e. The van der Waals surface area contributed by atoms with Crippen molar-refractivity contribution in [2.75, 3.05) is 0 Å². The van der Waals surface area contributed by atoms with Crippen molar-refractivity contribution in [3.8, 4) is 11.1 Å². The number of benzene rings is 1. The SMILES string of the molecule is Cn1cc(-c2ccc(CN[S+]([O-])C(C)(C)C)c(F)c2)cn1. The lowest BCUT2D eigenvalue weighted by molar-refractivity contribution is 0.540. The molecular weight excluding hydrogens is 289 g/mol. The lowest BCUT2D eigenvalue weighted by Gasteiger charge is -2.23. The highest BCUT2D eigenvalue weighted by Crippen LogP contribution is 2.22. The summed E-state index contributed by atoms with van der Waals surface area (Å²) in [4.78, 5) is 0. The fourth-order valence-corrected chi connectivity index (χ4v) is 2.52. The molecule has 0 aliphatic carbocycles. The fraction of sp³-hybridized carbons (Fsp3) is 0.400. The van der Waals surface area contributed by atoms with E-state index in [1.54, 1.807) is 16.9 Å². The summed E-state index contributed by atoms with van der Waals surface area (Å²) in [5, 5.41) is 4.07. The van der Waals surface area contributed by atoms with Gasteiger partial charge in [-0.3, -0.25) is 4.68 Å². The average Bonchev–Trinajstić information content (AvgIpc) is 2.82. The first-order valence-corrected chi connectivity index (χ1v) is 7.85. The van der Waals surface area contributed by atoms with E-state index in [9.17, 15) is 8.94 Å². The topological polar surface area (TPSA) is 52.9 Å². The third-order valence-electron chi connectivity index (χ3n) is 3.04. The molecule has 0 aliphatic rings. The van der Waals surface area contributed by atoms with Gasteiger partial charge >= 0.3 is 0 Å². The molecule has 0 saturated heterocycles. The Morgan fingerprint density at radius 3 is 2.57 bits per heavy atom. The van der Waals surface area contributed by atoms with Gasteiger partial charge in [-0.15, -0.1) is 4.72 Å². The molecule has 0 spiro atoms. The van der Waals surface area contributed by atoms with Gasteiger partial charge in [-0.25, -0.2) is 4.39 Å². The van der Waals surface area contributed by atoms with Crippen molar-refractivity contribution in [2.45, 2.75) is 32.1 Å². The van der Waals surface area contributed by atoms with Gasteiger partial charge in [0.2, 0.25) is 0 Å². The van der Waals surface area contributed by atoms with Gasteiger partial charge in [-0.2, -0.15) is 5.10 Å². The van der Waals surface area contributed by atoms with Crippen LogP contribution in [0.15, 0.2) is 30.6 Å². The van der Waals surface area contributed by atoms with Crippen LogP contribution in [0.4, 0.5) is 4.39 Å². The first-order valence-electron chi connectivity index (χ1n) is 6.70. The highest BCUT2D eigenvalue weighted by atomic mass is 32.2.